The van der Waals surface area contributed by atoms with Gasteiger partial charge in [0.15, 0.2) is 0 Å². The van der Waals surface area contributed by atoms with Crippen LogP contribution in [0.25, 0.3) is 10.9 Å². The second-order valence-corrected chi connectivity index (χ2v) is 6.78. The Morgan fingerprint density at radius 2 is 1.89 bits per heavy atom. The van der Waals surface area contributed by atoms with Crippen LogP contribution in [0, 0.1) is 5.82 Å². The van der Waals surface area contributed by atoms with E-state index in [-0.39, 0.29) is 23.7 Å². The topological polar surface area (TPSA) is 73.1 Å². The summed E-state index contributed by atoms with van der Waals surface area (Å²) in [4.78, 5) is 38.0. The third-order valence-electron chi connectivity index (χ3n) is 4.37. The summed E-state index contributed by atoms with van der Waals surface area (Å²) in [7, 11) is 0. The largest absolute Gasteiger partial charge is 0.331 e. The molecule has 0 aliphatic rings. The molecule has 146 valence electrons. The molecule has 0 unspecified atom stereocenters. The highest BCUT2D eigenvalue weighted by molar-refractivity contribution is 6.31. The number of halogens is 2. The van der Waals surface area contributed by atoms with Gasteiger partial charge in [-0.1, -0.05) is 37.1 Å². The highest BCUT2D eigenvalue weighted by atomic mass is 35.5. The number of hydrogen-bond donors (Lipinski definition) is 1. The number of amides is 1. The number of unbranched alkanes of at least 4 members (excludes halogenated alkanes) is 1. The average Bonchev–Trinajstić information content (AvgIpc) is 2.68. The van der Waals surface area contributed by atoms with E-state index in [0.717, 1.165) is 17.1 Å². The molecule has 0 radical (unpaired) electrons. The first-order valence-corrected chi connectivity index (χ1v) is 9.27. The molecule has 3 rings (SSSR count). The number of fused-ring (bicyclic) bond motifs is 1. The third-order valence-corrected chi connectivity index (χ3v) is 4.66. The second-order valence-electron chi connectivity index (χ2n) is 6.37. The number of carbonyl (C=O) groups is 1. The number of nitrogens with one attached hydrogen (secondary N) is 1. The zero-order chi connectivity index (χ0) is 20.3. The molecule has 8 heteroatoms. The van der Waals surface area contributed by atoms with E-state index in [2.05, 4.69) is 5.32 Å². The van der Waals surface area contributed by atoms with Crippen molar-refractivity contribution in [2.24, 2.45) is 0 Å². The molecule has 6 nitrogen and oxygen atoms in total. The van der Waals surface area contributed by atoms with Crippen molar-refractivity contribution in [3.05, 3.63) is 74.1 Å². The lowest BCUT2D eigenvalue weighted by Crippen LogP contribution is -2.41. The molecule has 1 heterocycles. The lowest BCUT2D eigenvalue weighted by atomic mass is 10.2. The summed E-state index contributed by atoms with van der Waals surface area (Å²) in [5, 5.41) is 2.84. The summed E-state index contributed by atoms with van der Waals surface area (Å²) in [6.45, 7) is 1.96. The van der Waals surface area contributed by atoms with Gasteiger partial charge in [-0.15, -0.1) is 0 Å². The van der Waals surface area contributed by atoms with Crippen molar-refractivity contribution in [1.29, 1.82) is 0 Å². The van der Waals surface area contributed by atoms with Gasteiger partial charge in [-0.3, -0.25) is 18.7 Å². The summed E-state index contributed by atoms with van der Waals surface area (Å²) in [6.07, 6.45) is 1.50. The Balaban J connectivity index is 1.99. The van der Waals surface area contributed by atoms with E-state index in [1.807, 2.05) is 6.92 Å². The normalized spacial score (nSPS) is 11.0. The summed E-state index contributed by atoms with van der Waals surface area (Å²) in [6, 6.07) is 10.5. The van der Waals surface area contributed by atoms with E-state index in [0.29, 0.717) is 23.0 Å². The highest BCUT2D eigenvalue weighted by Gasteiger charge is 2.15. The fraction of sp³-hybridized carbons (Fsp3) is 0.250. The van der Waals surface area contributed by atoms with Gasteiger partial charge in [-0.25, -0.2) is 9.18 Å². The van der Waals surface area contributed by atoms with Crippen molar-refractivity contribution >= 4 is 34.1 Å². The van der Waals surface area contributed by atoms with Crippen LogP contribution in [0.4, 0.5) is 10.1 Å². The number of hydrogen-bond acceptors (Lipinski definition) is 3. The monoisotopic (exact) mass is 403 g/mol. The Bertz CT molecular complexity index is 1150. The Labute approximate surface area is 165 Å². The number of nitrogens with zero attached hydrogens (tertiary/aromatic N) is 2. The SMILES string of the molecule is CCCCn1c(=O)c2ccccc2n(CC(=O)Nc2ccc(F)c(Cl)c2)c1=O. The summed E-state index contributed by atoms with van der Waals surface area (Å²) in [5.41, 5.74) is -0.203. The van der Waals surface area contributed by atoms with E-state index in [1.54, 1.807) is 24.3 Å². The average molecular weight is 404 g/mol. The van der Waals surface area contributed by atoms with E-state index in [9.17, 15) is 18.8 Å². The number of anilines is 1. The Morgan fingerprint density at radius 1 is 1.14 bits per heavy atom. The van der Waals surface area contributed by atoms with Gasteiger partial charge in [0, 0.05) is 12.2 Å². The minimum atomic E-state index is -0.593. The van der Waals surface area contributed by atoms with Crippen LogP contribution in [0.3, 0.4) is 0 Å². The zero-order valence-corrected chi connectivity index (χ0v) is 16.0. The number of carbonyl (C=O) groups excluding carboxylic acids is 1. The van der Waals surface area contributed by atoms with Gasteiger partial charge < -0.3 is 5.32 Å². The van der Waals surface area contributed by atoms with Gasteiger partial charge in [0.1, 0.15) is 12.4 Å². The van der Waals surface area contributed by atoms with Crippen molar-refractivity contribution in [1.82, 2.24) is 9.13 Å². The number of aromatic nitrogens is 2. The molecule has 0 spiro atoms. The van der Waals surface area contributed by atoms with Crippen LogP contribution >= 0.6 is 11.6 Å². The quantitative estimate of drug-likeness (QED) is 0.685. The number of para-hydroxylation sites is 1. The van der Waals surface area contributed by atoms with Gasteiger partial charge in [-0.05, 0) is 36.8 Å². The minimum absolute atomic E-state index is 0.117. The van der Waals surface area contributed by atoms with Crippen molar-refractivity contribution in [2.45, 2.75) is 32.9 Å². The molecule has 3 aromatic rings. The first-order valence-electron chi connectivity index (χ1n) is 8.89. The summed E-state index contributed by atoms with van der Waals surface area (Å²) >= 11 is 5.73. The molecular formula is C20H19ClFN3O3. The van der Waals surface area contributed by atoms with Crippen LogP contribution in [-0.4, -0.2) is 15.0 Å². The molecule has 0 saturated heterocycles. The Hall–Kier alpha value is -2.93. The number of rotatable bonds is 6. The van der Waals surface area contributed by atoms with Crippen LogP contribution in [0.1, 0.15) is 19.8 Å². The van der Waals surface area contributed by atoms with Crippen LogP contribution in [0.15, 0.2) is 52.1 Å². The van der Waals surface area contributed by atoms with Gasteiger partial charge in [0.05, 0.1) is 15.9 Å². The van der Waals surface area contributed by atoms with Gasteiger partial charge in [0.2, 0.25) is 5.91 Å². The maximum atomic E-state index is 13.3. The molecule has 1 amide bonds. The van der Waals surface area contributed by atoms with Crippen LogP contribution in [0.2, 0.25) is 5.02 Å². The van der Waals surface area contributed by atoms with Crippen molar-refractivity contribution in [2.75, 3.05) is 5.32 Å². The number of benzene rings is 2. The second kappa shape index (κ2) is 8.39. The van der Waals surface area contributed by atoms with E-state index >= 15 is 0 Å². The van der Waals surface area contributed by atoms with Crippen LogP contribution in [-0.2, 0) is 17.9 Å². The van der Waals surface area contributed by atoms with Crippen molar-refractivity contribution in [3.63, 3.8) is 0 Å². The van der Waals surface area contributed by atoms with E-state index in [4.69, 9.17) is 11.6 Å². The molecule has 2 aromatic carbocycles. The molecule has 1 N–H and O–H groups in total. The highest BCUT2D eigenvalue weighted by Crippen LogP contribution is 2.19. The predicted octanol–water partition coefficient (Wildman–Crippen LogP) is 3.39. The van der Waals surface area contributed by atoms with Crippen molar-refractivity contribution < 1.29 is 9.18 Å². The van der Waals surface area contributed by atoms with Gasteiger partial charge >= 0.3 is 5.69 Å². The molecule has 0 aliphatic carbocycles. The van der Waals surface area contributed by atoms with Crippen LogP contribution < -0.4 is 16.6 Å². The van der Waals surface area contributed by atoms with Crippen LogP contribution in [0.5, 0.6) is 0 Å². The van der Waals surface area contributed by atoms with Gasteiger partial charge in [-0.2, -0.15) is 0 Å². The lowest BCUT2D eigenvalue weighted by Gasteiger charge is -2.14. The zero-order valence-electron chi connectivity index (χ0n) is 15.2. The lowest BCUT2D eigenvalue weighted by molar-refractivity contribution is -0.116. The molecular weight excluding hydrogens is 385 g/mol. The first kappa shape index (κ1) is 19.8. The standard InChI is InChI=1S/C20H19ClFN3O3/c1-2-3-10-24-19(27)14-6-4-5-7-17(14)25(20(24)28)12-18(26)23-13-8-9-16(22)15(21)11-13/h4-9,11H,2-3,10,12H2,1H3,(H,23,26). The van der Waals surface area contributed by atoms with E-state index < -0.39 is 17.4 Å². The molecule has 28 heavy (non-hydrogen) atoms. The Morgan fingerprint density at radius 3 is 2.61 bits per heavy atom. The first-order chi connectivity index (χ1) is 13.4. The fourth-order valence-corrected chi connectivity index (χ4v) is 3.14. The fourth-order valence-electron chi connectivity index (χ4n) is 2.96. The maximum Gasteiger partial charge on any atom is 0.331 e. The minimum Gasteiger partial charge on any atom is -0.324 e. The smallest absolute Gasteiger partial charge is 0.324 e. The molecule has 0 fully saturated rings. The molecule has 0 atom stereocenters. The molecule has 0 aliphatic heterocycles. The summed E-state index contributed by atoms with van der Waals surface area (Å²) < 4.78 is 15.7. The van der Waals surface area contributed by atoms with E-state index in [1.165, 1.54) is 16.7 Å². The maximum absolute atomic E-state index is 13.3. The molecule has 0 bridgehead atoms. The molecule has 0 saturated carbocycles. The third kappa shape index (κ3) is 3.99. The predicted molar refractivity (Wildman–Crippen MR) is 107 cm³/mol. The Kier molecular flexibility index (Phi) is 5.94. The molecule has 1 aromatic heterocycles. The van der Waals surface area contributed by atoms with Crippen molar-refractivity contribution in [3.8, 4) is 0 Å². The van der Waals surface area contributed by atoms with Gasteiger partial charge in [0.25, 0.3) is 5.56 Å². The summed E-state index contributed by atoms with van der Waals surface area (Å²) in [5.74, 6) is -1.08.